The van der Waals surface area contributed by atoms with Crippen LogP contribution in [0.2, 0.25) is 0 Å². The first-order valence-corrected chi connectivity index (χ1v) is 5.39. The molecular weight excluding hydrogens is 207 g/mol. The van der Waals surface area contributed by atoms with Gasteiger partial charge < -0.3 is 11.1 Å². The minimum absolute atomic E-state index is 0.0961. The lowest BCUT2D eigenvalue weighted by molar-refractivity contribution is -0.121. The lowest BCUT2D eigenvalue weighted by Crippen LogP contribution is -2.27. The standard InChI is InChI=1S/C12H17FN2O/c1-9(15-12(16)7-4-8-14)10-5-2-3-6-11(10)13/h2-3,5-6,9H,4,7-8,14H2,1H3,(H,15,16). The number of benzene rings is 1. The molecule has 0 aliphatic heterocycles. The van der Waals surface area contributed by atoms with Gasteiger partial charge in [-0.1, -0.05) is 18.2 Å². The molecule has 0 fully saturated rings. The van der Waals surface area contributed by atoms with Crippen molar-refractivity contribution in [2.24, 2.45) is 5.73 Å². The maximum absolute atomic E-state index is 13.4. The molecule has 3 nitrogen and oxygen atoms in total. The SMILES string of the molecule is CC(NC(=O)CCCN)c1ccccc1F. The molecule has 3 N–H and O–H groups in total. The fourth-order valence-corrected chi connectivity index (χ4v) is 1.48. The van der Waals surface area contributed by atoms with Crippen molar-refractivity contribution in [3.8, 4) is 0 Å². The summed E-state index contributed by atoms with van der Waals surface area (Å²) in [5.41, 5.74) is 5.81. The van der Waals surface area contributed by atoms with Gasteiger partial charge in [-0.3, -0.25) is 4.79 Å². The summed E-state index contributed by atoms with van der Waals surface area (Å²) in [4.78, 5) is 11.4. The van der Waals surface area contributed by atoms with E-state index in [1.807, 2.05) is 0 Å². The van der Waals surface area contributed by atoms with E-state index in [0.29, 0.717) is 24.9 Å². The van der Waals surface area contributed by atoms with Gasteiger partial charge in [-0.05, 0) is 26.0 Å². The zero-order chi connectivity index (χ0) is 12.0. The Hall–Kier alpha value is -1.42. The summed E-state index contributed by atoms with van der Waals surface area (Å²) in [7, 11) is 0. The van der Waals surface area contributed by atoms with Gasteiger partial charge in [0.2, 0.25) is 5.91 Å². The first-order valence-electron chi connectivity index (χ1n) is 5.39. The van der Waals surface area contributed by atoms with Gasteiger partial charge in [0.15, 0.2) is 0 Å². The molecule has 0 saturated heterocycles. The Labute approximate surface area is 94.8 Å². The van der Waals surface area contributed by atoms with Gasteiger partial charge >= 0.3 is 0 Å². The second kappa shape index (κ2) is 6.23. The molecule has 0 bridgehead atoms. The van der Waals surface area contributed by atoms with Crippen LogP contribution in [0.5, 0.6) is 0 Å². The molecule has 1 atom stereocenters. The van der Waals surface area contributed by atoms with E-state index in [1.165, 1.54) is 6.07 Å². The summed E-state index contributed by atoms with van der Waals surface area (Å²) in [6.07, 6.45) is 1.03. The highest BCUT2D eigenvalue weighted by Gasteiger charge is 2.12. The van der Waals surface area contributed by atoms with Gasteiger partial charge in [-0.2, -0.15) is 0 Å². The monoisotopic (exact) mass is 224 g/mol. The molecule has 0 aliphatic rings. The van der Waals surface area contributed by atoms with E-state index >= 15 is 0 Å². The Morgan fingerprint density at radius 3 is 2.81 bits per heavy atom. The zero-order valence-electron chi connectivity index (χ0n) is 9.37. The van der Waals surface area contributed by atoms with Crippen LogP contribution in [0.4, 0.5) is 4.39 Å². The fraction of sp³-hybridized carbons (Fsp3) is 0.417. The highest BCUT2D eigenvalue weighted by molar-refractivity contribution is 5.76. The van der Waals surface area contributed by atoms with Crippen LogP contribution in [0, 0.1) is 5.82 Å². The third kappa shape index (κ3) is 3.62. The molecule has 1 amide bonds. The third-order valence-electron chi connectivity index (χ3n) is 2.36. The average molecular weight is 224 g/mol. The molecule has 1 unspecified atom stereocenters. The van der Waals surface area contributed by atoms with Crippen molar-refractivity contribution in [2.75, 3.05) is 6.54 Å². The molecule has 0 heterocycles. The summed E-state index contributed by atoms with van der Waals surface area (Å²) < 4.78 is 13.4. The molecule has 0 aliphatic carbocycles. The predicted molar refractivity (Wildman–Crippen MR) is 61.2 cm³/mol. The van der Waals surface area contributed by atoms with E-state index in [1.54, 1.807) is 25.1 Å². The van der Waals surface area contributed by atoms with Crippen LogP contribution < -0.4 is 11.1 Å². The van der Waals surface area contributed by atoms with E-state index in [4.69, 9.17) is 5.73 Å². The van der Waals surface area contributed by atoms with Crippen molar-refractivity contribution < 1.29 is 9.18 Å². The molecule has 0 spiro atoms. The van der Waals surface area contributed by atoms with Crippen molar-refractivity contribution in [2.45, 2.75) is 25.8 Å². The van der Waals surface area contributed by atoms with Gasteiger partial charge in [-0.25, -0.2) is 4.39 Å². The Bertz CT molecular complexity index is 355. The quantitative estimate of drug-likeness (QED) is 0.800. The van der Waals surface area contributed by atoms with Crippen molar-refractivity contribution in [1.29, 1.82) is 0 Å². The summed E-state index contributed by atoms with van der Waals surface area (Å²) >= 11 is 0. The van der Waals surface area contributed by atoms with Crippen LogP contribution in [0.1, 0.15) is 31.4 Å². The van der Waals surface area contributed by atoms with Crippen molar-refractivity contribution >= 4 is 5.91 Å². The Kier molecular flexibility index (Phi) is 4.92. The number of nitrogens with two attached hydrogens (primary N) is 1. The Morgan fingerprint density at radius 1 is 1.50 bits per heavy atom. The topological polar surface area (TPSA) is 55.1 Å². The molecule has 0 aromatic heterocycles. The van der Waals surface area contributed by atoms with E-state index in [2.05, 4.69) is 5.32 Å². The minimum Gasteiger partial charge on any atom is -0.349 e. The van der Waals surface area contributed by atoms with Crippen LogP contribution in [0.25, 0.3) is 0 Å². The Balaban J connectivity index is 2.55. The summed E-state index contributed by atoms with van der Waals surface area (Å²) in [6.45, 7) is 2.25. The number of rotatable bonds is 5. The minimum atomic E-state index is -0.313. The van der Waals surface area contributed by atoms with Gasteiger partial charge in [-0.15, -0.1) is 0 Å². The van der Waals surface area contributed by atoms with E-state index in [9.17, 15) is 9.18 Å². The first kappa shape index (κ1) is 12.6. The molecule has 16 heavy (non-hydrogen) atoms. The van der Waals surface area contributed by atoms with E-state index < -0.39 is 0 Å². The average Bonchev–Trinajstić information content (AvgIpc) is 2.26. The smallest absolute Gasteiger partial charge is 0.220 e. The number of carbonyl (C=O) groups excluding carboxylic acids is 1. The Morgan fingerprint density at radius 2 is 2.19 bits per heavy atom. The van der Waals surface area contributed by atoms with E-state index in [0.717, 1.165) is 0 Å². The molecule has 1 rings (SSSR count). The number of hydrogen-bond donors (Lipinski definition) is 2. The lowest BCUT2D eigenvalue weighted by atomic mass is 10.1. The maximum Gasteiger partial charge on any atom is 0.220 e. The summed E-state index contributed by atoms with van der Waals surface area (Å²) in [5.74, 6) is -0.393. The van der Waals surface area contributed by atoms with Crippen LogP contribution >= 0.6 is 0 Å². The molecule has 0 saturated carbocycles. The lowest BCUT2D eigenvalue weighted by Gasteiger charge is -2.14. The third-order valence-corrected chi connectivity index (χ3v) is 2.36. The molecule has 0 radical (unpaired) electrons. The number of carbonyl (C=O) groups is 1. The predicted octanol–water partition coefficient (Wildman–Crippen LogP) is 1.74. The molecule has 88 valence electrons. The summed E-state index contributed by atoms with van der Waals surface area (Å²) in [5, 5.41) is 2.74. The maximum atomic E-state index is 13.4. The van der Waals surface area contributed by atoms with Crippen molar-refractivity contribution in [3.63, 3.8) is 0 Å². The van der Waals surface area contributed by atoms with Gasteiger partial charge in [0.05, 0.1) is 6.04 Å². The van der Waals surface area contributed by atoms with Gasteiger partial charge in [0, 0.05) is 12.0 Å². The largest absolute Gasteiger partial charge is 0.349 e. The fourth-order valence-electron chi connectivity index (χ4n) is 1.48. The molecule has 1 aromatic rings. The number of halogens is 1. The second-order valence-corrected chi connectivity index (χ2v) is 3.70. The molecule has 4 heteroatoms. The number of nitrogens with one attached hydrogen (secondary N) is 1. The number of hydrogen-bond acceptors (Lipinski definition) is 2. The summed E-state index contributed by atoms with van der Waals surface area (Å²) in [6, 6.07) is 6.12. The second-order valence-electron chi connectivity index (χ2n) is 3.70. The molecule has 1 aromatic carbocycles. The van der Waals surface area contributed by atoms with Crippen molar-refractivity contribution in [3.05, 3.63) is 35.6 Å². The van der Waals surface area contributed by atoms with Crippen LogP contribution in [0.3, 0.4) is 0 Å². The molecular formula is C12H17FN2O. The number of amides is 1. The van der Waals surface area contributed by atoms with Crippen LogP contribution in [-0.4, -0.2) is 12.5 Å². The zero-order valence-corrected chi connectivity index (χ0v) is 9.37. The normalized spacial score (nSPS) is 12.2. The van der Waals surface area contributed by atoms with Crippen LogP contribution in [0.15, 0.2) is 24.3 Å². The van der Waals surface area contributed by atoms with Gasteiger partial charge in [0.25, 0.3) is 0 Å². The highest BCUT2D eigenvalue weighted by Crippen LogP contribution is 2.15. The highest BCUT2D eigenvalue weighted by atomic mass is 19.1. The van der Waals surface area contributed by atoms with E-state index in [-0.39, 0.29) is 17.8 Å². The van der Waals surface area contributed by atoms with Crippen molar-refractivity contribution in [1.82, 2.24) is 5.32 Å². The van der Waals surface area contributed by atoms with Gasteiger partial charge in [0.1, 0.15) is 5.82 Å². The first-order chi connectivity index (χ1) is 7.65. The van der Waals surface area contributed by atoms with Crippen LogP contribution in [-0.2, 0) is 4.79 Å².